The first kappa shape index (κ1) is 34.0. The normalized spacial score (nSPS) is 13.0. The highest BCUT2D eigenvalue weighted by Crippen LogP contribution is 2.63. The van der Waals surface area contributed by atoms with Crippen LogP contribution in [0.2, 0.25) is 0 Å². The van der Waals surface area contributed by atoms with E-state index in [0.29, 0.717) is 0 Å². The molecule has 2 aliphatic carbocycles. The Kier molecular flexibility index (Phi) is 7.26. The second-order valence-corrected chi connectivity index (χ2v) is 16.4. The first-order valence-electron chi connectivity index (χ1n) is 21.2. The van der Waals surface area contributed by atoms with Crippen LogP contribution in [0.15, 0.2) is 231 Å². The maximum absolute atomic E-state index is 2.49. The van der Waals surface area contributed by atoms with Crippen LogP contribution in [0.5, 0.6) is 0 Å². The van der Waals surface area contributed by atoms with Crippen molar-refractivity contribution in [1.82, 2.24) is 4.57 Å². The van der Waals surface area contributed by atoms with Crippen molar-refractivity contribution in [2.75, 3.05) is 4.90 Å². The number of aromatic nitrogens is 1. The highest BCUT2D eigenvalue weighted by atomic mass is 15.1. The molecule has 0 saturated carbocycles. The smallest absolute Gasteiger partial charge is 0.0726 e. The van der Waals surface area contributed by atoms with Crippen LogP contribution < -0.4 is 4.90 Å². The molecule has 0 unspecified atom stereocenters. The molecule has 0 aliphatic heterocycles. The van der Waals surface area contributed by atoms with Gasteiger partial charge < -0.3 is 9.47 Å². The van der Waals surface area contributed by atoms with E-state index in [1.807, 2.05) is 0 Å². The third kappa shape index (κ3) is 4.79. The number of benzene rings is 10. The number of nitrogens with zero attached hydrogens (tertiary/aromatic N) is 2. The van der Waals surface area contributed by atoms with E-state index in [1.165, 1.54) is 82.6 Å². The van der Waals surface area contributed by atoms with Gasteiger partial charge in [0.25, 0.3) is 0 Å². The highest BCUT2D eigenvalue weighted by molar-refractivity contribution is 6.09. The Balaban J connectivity index is 1.02. The molecule has 61 heavy (non-hydrogen) atoms. The summed E-state index contributed by atoms with van der Waals surface area (Å²) >= 11 is 0. The second-order valence-electron chi connectivity index (χ2n) is 16.4. The first-order chi connectivity index (χ1) is 30.3. The van der Waals surface area contributed by atoms with Gasteiger partial charge in [0.15, 0.2) is 0 Å². The van der Waals surface area contributed by atoms with E-state index in [2.05, 4.69) is 240 Å². The fourth-order valence-corrected chi connectivity index (χ4v) is 10.9. The number of anilines is 3. The van der Waals surface area contributed by atoms with Crippen LogP contribution in [0.1, 0.15) is 22.3 Å². The molecule has 0 radical (unpaired) electrons. The molecule has 0 N–H and O–H groups in total. The van der Waals surface area contributed by atoms with Gasteiger partial charge in [-0.2, -0.15) is 0 Å². The molecule has 2 aliphatic rings. The lowest BCUT2D eigenvalue weighted by Gasteiger charge is -2.32. The van der Waals surface area contributed by atoms with Gasteiger partial charge in [-0.15, -0.1) is 0 Å². The number of para-hydroxylation sites is 2. The van der Waals surface area contributed by atoms with Gasteiger partial charge in [-0.25, -0.2) is 0 Å². The summed E-state index contributed by atoms with van der Waals surface area (Å²) in [6, 6.07) is 85.3. The fraction of sp³-hybridized carbons (Fsp3) is 0.0169. The summed E-state index contributed by atoms with van der Waals surface area (Å²) in [5, 5.41) is 4.95. The van der Waals surface area contributed by atoms with Crippen molar-refractivity contribution >= 4 is 49.6 Å². The van der Waals surface area contributed by atoms with Gasteiger partial charge in [0, 0.05) is 33.2 Å². The molecule has 0 amide bonds. The van der Waals surface area contributed by atoms with Crippen LogP contribution in [0, 0.1) is 0 Å². The van der Waals surface area contributed by atoms with E-state index in [-0.39, 0.29) is 0 Å². The van der Waals surface area contributed by atoms with Crippen molar-refractivity contribution in [2.24, 2.45) is 0 Å². The lowest BCUT2D eigenvalue weighted by Crippen LogP contribution is -2.26. The summed E-state index contributed by atoms with van der Waals surface area (Å²) in [6.07, 6.45) is 0. The predicted molar refractivity (Wildman–Crippen MR) is 255 cm³/mol. The molecule has 0 saturated heterocycles. The molecule has 2 heteroatoms. The number of hydrogen-bond donors (Lipinski definition) is 0. The molecule has 10 aromatic carbocycles. The van der Waals surface area contributed by atoms with E-state index in [4.69, 9.17) is 0 Å². The first-order valence-corrected chi connectivity index (χ1v) is 21.2. The monoisotopic (exact) mass is 774 g/mol. The van der Waals surface area contributed by atoms with E-state index in [1.54, 1.807) is 0 Å². The molecular weight excluding hydrogens is 737 g/mol. The van der Waals surface area contributed by atoms with Gasteiger partial charge in [-0.05, 0) is 116 Å². The van der Waals surface area contributed by atoms with E-state index in [0.717, 1.165) is 28.3 Å². The lowest BCUT2D eigenvalue weighted by molar-refractivity contribution is 0.793. The molecule has 0 fully saturated rings. The lowest BCUT2D eigenvalue weighted by atomic mass is 9.70. The van der Waals surface area contributed by atoms with Gasteiger partial charge in [-0.3, -0.25) is 0 Å². The average molecular weight is 775 g/mol. The molecule has 11 aromatic rings. The fourth-order valence-electron chi connectivity index (χ4n) is 10.9. The second kappa shape index (κ2) is 13.0. The van der Waals surface area contributed by atoms with Crippen molar-refractivity contribution in [2.45, 2.75) is 5.41 Å². The molecule has 2 nitrogen and oxygen atoms in total. The van der Waals surface area contributed by atoms with Gasteiger partial charge in [0.1, 0.15) is 0 Å². The zero-order chi connectivity index (χ0) is 40.1. The van der Waals surface area contributed by atoms with Gasteiger partial charge >= 0.3 is 0 Å². The van der Waals surface area contributed by atoms with E-state index >= 15 is 0 Å². The summed E-state index contributed by atoms with van der Waals surface area (Å²) in [5.41, 5.74) is 19.4. The molecule has 1 heterocycles. The van der Waals surface area contributed by atoms with Crippen molar-refractivity contribution in [3.8, 4) is 39.1 Å². The molecular formula is C59H38N2. The Morgan fingerprint density at radius 3 is 1.49 bits per heavy atom. The number of hydrogen-bond acceptors (Lipinski definition) is 1. The summed E-state index contributed by atoms with van der Waals surface area (Å²) in [7, 11) is 0. The highest BCUT2D eigenvalue weighted by Gasteiger charge is 2.51. The van der Waals surface area contributed by atoms with Gasteiger partial charge in [-0.1, -0.05) is 176 Å². The summed E-state index contributed by atoms with van der Waals surface area (Å²) < 4.78 is 2.40. The molecule has 0 bridgehead atoms. The maximum atomic E-state index is 2.49. The third-order valence-corrected chi connectivity index (χ3v) is 13.4. The van der Waals surface area contributed by atoms with Crippen LogP contribution in [-0.2, 0) is 5.41 Å². The molecule has 0 atom stereocenters. The van der Waals surface area contributed by atoms with Crippen LogP contribution in [-0.4, -0.2) is 4.57 Å². The molecule has 1 aromatic heterocycles. The predicted octanol–water partition coefficient (Wildman–Crippen LogP) is 15.4. The Labute approximate surface area is 354 Å². The minimum atomic E-state index is -0.436. The van der Waals surface area contributed by atoms with Crippen LogP contribution in [0.3, 0.4) is 0 Å². The van der Waals surface area contributed by atoms with Crippen LogP contribution >= 0.6 is 0 Å². The summed E-state index contributed by atoms with van der Waals surface area (Å²) in [5.74, 6) is 0. The van der Waals surface area contributed by atoms with Crippen LogP contribution in [0.25, 0.3) is 71.6 Å². The Bertz CT molecular complexity index is 3450. The topological polar surface area (TPSA) is 8.17 Å². The van der Waals surface area contributed by atoms with E-state index in [9.17, 15) is 0 Å². The Morgan fingerprint density at radius 2 is 0.820 bits per heavy atom. The zero-order valence-electron chi connectivity index (χ0n) is 33.3. The van der Waals surface area contributed by atoms with Crippen LogP contribution in [0.4, 0.5) is 17.1 Å². The summed E-state index contributed by atoms with van der Waals surface area (Å²) in [4.78, 5) is 2.48. The van der Waals surface area contributed by atoms with Gasteiger partial charge in [0.05, 0.1) is 22.1 Å². The number of rotatable bonds is 5. The van der Waals surface area contributed by atoms with Crippen molar-refractivity contribution in [1.29, 1.82) is 0 Å². The van der Waals surface area contributed by atoms with Crippen molar-refractivity contribution < 1.29 is 0 Å². The molecule has 13 rings (SSSR count). The Morgan fingerprint density at radius 1 is 0.328 bits per heavy atom. The third-order valence-electron chi connectivity index (χ3n) is 13.4. The minimum Gasteiger partial charge on any atom is -0.310 e. The Hall–Kier alpha value is -7.94. The number of fused-ring (bicyclic) bond motifs is 14. The van der Waals surface area contributed by atoms with Crippen molar-refractivity contribution in [3.05, 3.63) is 253 Å². The quantitative estimate of drug-likeness (QED) is 0.169. The summed E-state index contributed by atoms with van der Waals surface area (Å²) in [6.45, 7) is 0. The van der Waals surface area contributed by atoms with Gasteiger partial charge in [0.2, 0.25) is 0 Å². The zero-order valence-corrected chi connectivity index (χ0v) is 33.3. The molecule has 1 spiro atoms. The minimum absolute atomic E-state index is 0.436. The largest absolute Gasteiger partial charge is 0.310 e. The van der Waals surface area contributed by atoms with Crippen molar-refractivity contribution in [3.63, 3.8) is 0 Å². The molecule has 284 valence electrons. The SMILES string of the molecule is c1cc(-c2cccc(-n3c4ccccc4c4ccccc43)c2)cc(N(c2ccc3c(c2)C2(c4ccccc4-c4ccccc42)c2ccccc2-3)c2cccc3ccccc23)c1. The standard InChI is InChI=1S/C59H38N2/c1-2-22-45-39(16-1)17-15-33-56(45)60(42-20-13-18-40(36-42)41-19-14-21-43(37-41)61-57-31-11-6-26-50(57)51-27-7-12-32-58(51)61)44-34-35-49-48-25-5-10-30-54(48)59(55(49)38-44)52-28-8-3-23-46(52)47-24-4-9-29-53(47)59/h1-38H. The average Bonchev–Trinajstić information content (AvgIpc) is 3.94. The van der Waals surface area contributed by atoms with E-state index < -0.39 is 5.41 Å². The maximum Gasteiger partial charge on any atom is 0.0726 e.